The summed E-state index contributed by atoms with van der Waals surface area (Å²) in [6.45, 7) is 3.45. The van der Waals surface area contributed by atoms with Crippen LogP contribution in [0.1, 0.15) is 66.1 Å². The number of hydrogen-bond donors (Lipinski definition) is 1. The molecule has 0 radical (unpaired) electrons. The molecule has 2 aliphatic heterocycles. The van der Waals surface area contributed by atoms with Crippen LogP contribution in [0.5, 0.6) is 0 Å². The molecule has 3 aliphatic rings. The van der Waals surface area contributed by atoms with Gasteiger partial charge in [-0.1, -0.05) is 24.3 Å². The van der Waals surface area contributed by atoms with E-state index in [2.05, 4.69) is 22.3 Å². The molecule has 1 N–H and O–H groups in total. The number of nitrogens with one attached hydrogen (secondary N) is 1. The number of carbonyl (C=O) groups is 2. The van der Waals surface area contributed by atoms with Gasteiger partial charge in [0.2, 0.25) is 5.91 Å². The van der Waals surface area contributed by atoms with Crippen molar-refractivity contribution in [2.45, 2.75) is 76.9 Å². The van der Waals surface area contributed by atoms with Gasteiger partial charge in [0.1, 0.15) is 11.6 Å². The molecule has 3 atom stereocenters. The van der Waals surface area contributed by atoms with E-state index in [0.717, 1.165) is 51.0 Å². The van der Waals surface area contributed by atoms with Gasteiger partial charge in [0.25, 0.3) is 5.91 Å². The molecule has 4 nitrogen and oxygen atoms in total. The van der Waals surface area contributed by atoms with Crippen LogP contribution in [0.4, 0.5) is 8.78 Å². The molecule has 0 spiro atoms. The summed E-state index contributed by atoms with van der Waals surface area (Å²) in [5, 5.41) is 2.89. The Balaban J connectivity index is 1.17. The minimum atomic E-state index is -0.841. The molecule has 0 saturated carbocycles. The maximum atomic E-state index is 14.1. The van der Waals surface area contributed by atoms with Crippen LogP contribution in [0.2, 0.25) is 0 Å². The van der Waals surface area contributed by atoms with Gasteiger partial charge in [-0.3, -0.25) is 9.59 Å². The van der Waals surface area contributed by atoms with Crippen molar-refractivity contribution in [1.82, 2.24) is 10.2 Å². The minimum Gasteiger partial charge on any atom is -0.349 e. The van der Waals surface area contributed by atoms with Gasteiger partial charge < -0.3 is 10.2 Å². The molecular weight excluding hydrogens is 434 g/mol. The van der Waals surface area contributed by atoms with Crippen molar-refractivity contribution < 1.29 is 18.4 Å². The zero-order chi connectivity index (χ0) is 24.0. The standard InChI is InChI=1S/C28H32F2N2O2/c1-16-9-24(26(30)15-25(16)29)27(33)31-17(2)10-18-11-22-7-8-23(12-18)32(22)28(34)21-13-19-5-3-4-6-20(19)14-21/h3-6,9,15,17-18,21-23H,7-8,10-14H2,1-2H3,(H,31,33). The summed E-state index contributed by atoms with van der Waals surface area (Å²) in [4.78, 5) is 28.2. The number of aryl methyl sites for hydroxylation is 1. The summed E-state index contributed by atoms with van der Waals surface area (Å²) in [5.41, 5.74) is 2.74. The molecular formula is C28H32F2N2O2. The lowest BCUT2D eigenvalue weighted by molar-refractivity contribution is -0.140. The number of halogens is 2. The number of fused-ring (bicyclic) bond motifs is 3. The molecule has 5 rings (SSSR count). The summed E-state index contributed by atoms with van der Waals surface area (Å²) in [7, 11) is 0. The van der Waals surface area contributed by atoms with E-state index in [-0.39, 0.29) is 35.2 Å². The predicted octanol–water partition coefficient (Wildman–Crippen LogP) is 4.97. The second-order valence-electron chi connectivity index (χ2n) is 10.5. The third kappa shape index (κ3) is 4.35. The van der Waals surface area contributed by atoms with Crippen LogP contribution in [-0.2, 0) is 17.6 Å². The van der Waals surface area contributed by atoms with E-state index in [1.165, 1.54) is 24.1 Å². The highest BCUT2D eigenvalue weighted by Gasteiger charge is 2.45. The molecule has 1 aliphatic carbocycles. The maximum absolute atomic E-state index is 14.1. The number of carbonyl (C=O) groups excluding carboxylic acids is 2. The van der Waals surface area contributed by atoms with Gasteiger partial charge in [-0.25, -0.2) is 8.78 Å². The van der Waals surface area contributed by atoms with Gasteiger partial charge in [-0.15, -0.1) is 0 Å². The minimum absolute atomic E-state index is 0.0596. The Kier molecular flexibility index (Phi) is 6.17. The van der Waals surface area contributed by atoms with Gasteiger partial charge >= 0.3 is 0 Å². The first-order chi connectivity index (χ1) is 16.3. The normalized spacial score (nSPS) is 24.7. The number of nitrogens with zero attached hydrogens (tertiary/aromatic N) is 1. The zero-order valence-corrected chi connectivity index (χ0v) is 19.8. The Morgan fingerprint density at radius 3 is 2.26 bits per heavy atom. The van der Waals surface area contributed by atoms with Crippen LogP contribution >= 0.6 is 0 Å². The van der Waals surface area contributed by atoms with Crippen LogP contribution in [0.15, 0.2) is 36.4 Å². The van der Waals surface area contributed by atoms with E-state index in [1.807, 2.05) is 19.1 Å². The molecule has 2 heterocycles. The molecule has 2 fully saturated rings. The highest BCUT2D eigenvalue weighted by atomic mass is 19.1. The third-order valence-electron chi connectivity index (χ3n) is 8.04. The molecule has 2 aromatic carbocycles. The van der Waals surface area contributed by atoms with E-state index < -0.39 is 17.5 Å². The summed E-state index contributed by atoms with van der Waals surface area (Å²) < 4.78 is 27.6. The fourth-order valence-electron chi connectivity index (χ4n) is 6.48. The Labute approximate surface area is 199 Å². The fourth-order valence-corrected chi connectivity index (χ4v) is 6.48. The number of amides is 2. The lowest BCUT2D eigenvalue weighted by Crippen LogP contribution is -2.49. The van der Waals surface area contributed by atoms with Crippen LogP contribution < -0.4 is 5.32 Å². The molecule has 2 bridgehead atoms. The van der Waals surface area contributed by atoms with Crippen molar-refractivity contribution in [3.05, 3.63) is 70.3 Å². The number of piperidine rings is 1. The first-order valence-electron chi connectivity index (χ1n) is 12.5. The predicted molar refractivity (Wildman–Crippen MR) is 126 cm³/mol. The third-order valence-corrected chi connectivity index (χ3v) is 8.04. The average molecular weight is 467 g/mol. The summed E-state index contributed by atoms with van der Waals surface area (Å²) >= 11 is 0. The summed E-state index contributed by atoms with van der Waals surface area (Å²) in [5.74, 6) is -1.22. The lowest BCUT2D eigenvalue weighted by atomic mass is 9.85. The van der Waals surface area contributed by atoms with Crippen molar-refractivity contribution in [2.75, 3.05) is 0 Å². The van der Waals surface area contributed by atoms with Gasteiger partial charge in [0.15, 0.2) is 0 Å². The average Bonchev–Trinajstić information content (AvgIpc) is 3.34. The first-order valence-corrected chi connectivity index (χ1v) is 12.5. The maximum Gasteiger partial charge on any atom is 0.254 e. The van der Waals surface area contributed by atoms with E-state index in [9.17, 15) is 18.4 Å². The Morgan fingerprint density at radius 2 is 1.65 bits per heavy atom. The fraction of sp³-hybridized carbons (Fsp3) is 0.500. The zero-order valence-electron chi connectivity index (χ0n) is 19.8. The van der Waals surface area contributed by atoms with Crippen LogP contribution in [0, 0.1) is 30.4 Å². The Bertz CT molecular complexity index is 1080. The van der Waals surface area contributed by atoms with Crippen LogP contribution in [-0.4, -0.2) is 34.8 Å². The van der Waals surface area contributed by atoms with E-state index >= 15 is 0 Å². The second kappa shape index (κ2) is 9.12. The highest BCUT2D eigenvalue weighted by Crippen LogP contribution is 2.42. The van der Waals surface area contributed by atoms with Crippen molar-refractivity contribution >= 4 is 11.8 Å². The van der Waals surface area contributed by atoms with Crippen molar-refractivity contribution in [1.29, 1.82) is 0 Å². The molecule has 2 amide bonds. The first kappa shape index (κ1) is 23.0. The van der Waals surface area contributed by atoms with Crippen LogP contribution in [0.25, 0.3) is 0 Å². The summed E-state index contributed by atoms with van der Waals surface area (Å²) in [6.07, 6.45) is 6.48. The monoisotopic (exact) mass is 466 g/mol. The Morgan fingerprint density at radius 1 is 1.03 bits per heavy atom. The van der Waals surface area contributed by atoms with Gasteiger partial charge in [-0.2, -0.15) is 0 Å². The van der Waals surface area contributed by atoms with Gasteiger partial charge in [0, 0.05) is 30.1 Å². The molecule has 34 heavy (non-hydrogen) atoms. The topological polar surface area (TPSA) is 49.4 Å². The van der Waals surface area contributed by atoms with Gasteiger partial charge in [0.05, 0.1) is 5.56 Å². The molecule has 180 valence electrons. The number of hydrogen-bond acceptors (Lipinski definition) is 2. The lowest BCUT2D eigenvalue weighted by Gasteiger charge is -2.41. The van der Waals surface area contributed by atoms with Crippen molar-refractivity contribution in [3.63, 3.8) is 0 Å². The Hall–Kier alpha value is -2.76. The molecule has 0 aromatic heterocycles. The number of benzene rings is 2. The van der Waals surface area contributed by atoms with Gasteiger partial charge in [-0.05, 0) is 87.5 Å². The molecule has 3 unspecified atom stereocenters. The van der Waals surface area contributed by atoms with E-state index in [4.69, 9.17) is 0 Å². The van der Waals surface area contributed by atoms with Crippen LogP contribution in [0.3, 0.4) is 0 Å². The quantitative estimate of drug-likeness (QED) is 0.677. The highest BCUT2D eigenvalue weighted by molar-refractivity contribution is 5.94. The second-order valence-corrected chi connectivity index (χ2v) is 10.5. The van der Waals surface area contributed by atoms with Crippen molar-refractivity contribution in [2.24, 2.45) is 11.8 Å². The van der Waals surface area contributed by atoms with E-state index in [1.54, 1.807) is 0 Å². The molecule has 2 aromatic rings. The summed E-state index contributed by atoms with van der Waals surface area (Å²) in [6, 6.07) is 10.8. The number of rotatable bonds is 5. The van der Waals surface area contributed by atoms with Crippen molar-refractivity contribution in [3.8, 4) is 0 Å². The van der Waals surface area contributed by atoms with E-state index in [0.29, 0.717) is 11.8 Å². The molecule has 6 heteroatoms. The smallest absolute Gasteiger partial charge is 0.254 e. The molecule has 2 saturated heterocycles. The SMILES string of the molecule is Cc1cc(C(=O)NC(C)CC2CC3CCC(C2)N3C(=O)C2Cc3ccccc3C2)c(F)cc1F. The largest absolute Gasteiger partial charge is 0.349 e.